The molecule has 0 bridgehead atoms. The molecule has 4 aliphatic rings. The lowest BCUT2D eigenvalue weighted by molar-refractivity contribution is -0.181. The molecule has 0 aromatic heterocycles. The van der Waals surface area contributed by atoms with E-state index in [1.54, 1.807) is 14.1 Å². The number of ether oxygens (including phenoxy) is 1. The Kier molecular flexibility index (Phi) is 6.55. The zero-order valence-electron chi connectivity index (χ0n) is 22.5. The molecule has 2 saturated carbocycles. The summed E-state index contributed by atoms with van der Waals surface area (Å²) in [6.45, 7) is 1.91. The SMILES string of the molecule is CN(C)c1cc(N2CCOCC2)c(O)c2c1C[C@@H]1C[C@@H]3[C@@H](N(C)C)C(=O)C(C(N)=O)C(=O)[C@]3(O)C(=O)C1C2=O. The maximum Gasteiger partial charge on any atom is 0.235 e. The van der Waals surface area contributed by atoms with E-state index in [9.17, 15) is 34.2 Å². The standard InChI is InChI=1S/C27H34N4O8/c1-29(2)15-11-16(31-5-7-39-8-6-31)21(32)18-13(15)9-12-10-14-20(30(3)4)23(34)19(26(28)37)25(36)27(14,38)24(35)17(12)22(18)33/h11-12,14,17,19-20,32,38H,5-10H2,1-4H3,(H2,28,37)/t12-,14-,17?,19?,20-,27-/m1/s1. The highest BCUT2D eigenvalue weighted by atomic mass is 16.5. The molecule has 12 heteroatoms. The molecule has 5 rings (SSSR count). The number of primary amides is 1. The second-order valence-electron chi connectivity index (χ2n) is 11.4. The van der Waals surface area contributed by atoms with Gasteiger partial charge in [-0.05, 0) is 44.5 Å². The molecule has 1 saturated heterocycles. The number of anilines is 2. The third-order valence-corrected chi connectivity index (χ3v) is 8.85. The first-order valence-electron chi connectivity index (χ1n) is 13.1. The van der Waals surface area contributed by atoms with Crippen LogP contribution in [0.2, 0.25) is 0 Å². The molecule has 1 aromatic rings. The highest BCUT2D eigenvalue weighted by molar-refractivity contribution is 6.32. The molecule has 210 valence electrons. The Morgan fingerprint density at radius 2 is 1.74 bits per heavy atom. The second-order valence-corrected chi connectivity index (χ2v) is 11.4. The van der Waals surface area contributed by atoms with Crippen molar-refractivity contribution < 1.29 is 38.9 Å². The number of phenolic OH excluding ortho intramolecular Hbond substituents is 1. The number of benzene rings is 1. The number of fused-ring (bicyclic) bond motifs is 3. The topological polar surface area (TPSA) is 171 Å². The summed E-state index contributed by atoms with van der Waals surface area (Å²) in [6, 6.07) is 0.693. The normalized spacial score (nSPS) is 32.6. The van der Waals surface area contributed by atoms with Crippen molar-refractivity contribution in [1.82, 2.24) is 4.90 Å². The molecule has 1 aliphatic heterocycles. The van der Waals surface area contributed by atoms with Gasteiger partial charge in [0.2, 0.25) is 5.91 Å². The van der Waals surface area contributed by atoms with Crippen LogP contribution in [0.25, 0.3) is 0 Å². The lowest BCUT2D eigenvalue weighted by Crippen LogP contribution is -2.74. The van der Waals surface area contributed by atoms with E-state index in [0.29, 0.717) is 43.2 Å². The highest BCUT2D eigenvalue weighted by Gasteiger charge is 2.69. The molecule has 0 spiro atoms. The molecule has 3 aliphatic carbocycles. The van der Waals surface area contributed by atoms with Gasteiger partial charge in [0.05, 0.1) is 36.4 Å². The molecule has 1 aromatic carbocycles. The number of morpholine rings is 1. The van der Waals surface area contributed by atoms with Crippen molar-refractivity contribution in [2.45, 2.75) is 24.5 Å². The maximum atomic E-state index is 14.1. The van der Waals surface area contributed by atoms with Crippen LogP contribution in [0.3, 0.4) is 0 Å². The third-order valence-electron chi connectivity index (χ3n) is 8.85. The molecular weight excluding hydrogens is 508 g/mol. The zero-order valence-corrected chi connectivity index (χ0v) is 22.5. The van der Waals surface area contributed by atoms with Crippen LogP contribution in [-0.4, -0.2) is 110 Å². The number of carbonyl (C=O) groups excluding carboxylic acids is 5. The first kappa shape index (κ1) is 27.2. The molecule has 0 radical (unpaired) electrons. The summed E-state index contributed by atoms with van der Waals surface area (Å²) in [5.41, 5.74) is 4.35. The van der Waals surface area contributed by atoms with E-state index < -0.39 is 64.4 Å². The number of nitrogens with two attached hydrogens (primary N) is 1. The van der Waals surface area contributed by atoms with Crippen LogP contribution in [-0.2, 0) is 30.3 Å². The Balaban J connectivity index is 1.65. The Morgan fingerprint density at radius 1 is 1.10 bits per heavy atom. The number of hydrogen-bond donors (Lipinski definition) is 3. The van der Waals surface area contributed by atoms with Crippen molar-refractivity contribution >= 4 is 40.4 Å². The zero-order chi connectivity index (χ0) is 28.5. The van der Waals surface area contributed by atoms with Crippen molar-refractivity contribution in [3.05, 3.63) is 17.2 Å². The number of hydrogen-bond acceptors (Lipinski definition) is 11. The fraction of sp³-hybridized carbons (Fsp3) is 0.593. The highest BCUT2D eigenvalue weighted by Crippen LogP contribution is 2.53. The van der Waals surface area contributed by atoms with E-state index in [-0.39, 0.29) is 24.2 Å². The van der Waals surface area contributed by atoms with Crippen LogP contribution in [0.1, 0.15) is 22.3 Å². The first-order chi connectivity index (χ1) is 18.3. The van der Waals surface area contributed by atoms with Gasteiger partial charge < -0.3 is 30.5 Å². The average Bonchev–Trinajstić information content (AvgIpc) is 2.86. The Bertz CT molecular complexity index is 1290. The lowest BCUT2D eigenvalue weighted by atomic mass is 9.52. The number of Topliss-reactive ketones (excluding diaryl/α,β-unsaturated/α-hetero) is 4. The minimum absolute atomic E-state index is 0.00529. The van der Waals surface area contributed by atoms with Crippen LogP contribution < -0.4 is 15.5 Å². The smallest absolute Gasteiger partial charge is 0.235 e. The van der Waals surface area contributed by atoms with E-state index in [1.165, 1.54) is 4.90 Å². The summed E-state index contributed by atoms with van der Waals surface area (Å²) < 4.78 is 5.42. The van der Waals surface area contributed by atoms with Crippen molar-refractivity contribution in [2.75, 3.05) is 64.3 Å². The van der Waals surface area contributed by atoms with E-state index in [2.05, 4.69) is 0 Å². The number of nitrogens with zero attached hydrogens (tertiary/aromatic N) is 3. The van der Waals surface area contributed by atoms with Crippen molar-refractivity contribution in [3.8, 4) is 5.75 Å². The van der Waals surface area contributed by atoms with Crippen LogP contribution in [0.15, 0.2) is 6.07 Å². The van der Waals surface area contributed by atoms with E-state index >= 15 is 0 Å². The predicted octanol–water partition coefficient (Wildman–Crippen LogP) is -1.23. The van der Waals surface area contributed by atoms with Gasteiger partial charge in [-0.1, -0.05) is 0 Å². The number of likely N-dealkylation sites (N-methyl/N-ethyl adjacent to an activating group) is 1. The quantitative estimate of drug-likeness (QED) is 0.389. The minimum atomic E-state index is -2.74. The monoisotopic (exact) mass is 542 g/mol. The molecule has 3 fully saturated rings. The average molecular weight is 543 g/mol. The van der Waals surface area contributed by atoms with Crippen LogP contribution in [0.4, 0.5) is 11.4 Å². The van der Waals surface area contributed by atoms with E-state index in [0.717, 1.165) is 0 Å². The fourth-order valence-corrected chi connectivity index (χ4v) is 7.08. The summed E-state index contributed by atoms with van der Waals surface area (Å²) in [5, 5.41) is 23.1. The Hall–Kier alpha value is -3.35. The van der Waals surface area contributed by atoms with Crippen LogP contribution in [0.5, 0.6) is 5.75 Å². The largest absolute Gasteiger partial charge is 0.505 e. The lowest BCUT2D eigenvalue weighted by Gasteiger charge is -2.52. The van der Waals surface area contributed by atoms with Crippen LogP contribution >= 0.6 is 0 Å². The maximum absolute atomic E-state index is 14.1. The van der Waals surface area contributed by atoms with Gasteiger partial charge in [0.25, 0.3) is 0 Å². The molecule has 6 atom stereocenters. The van der Waals surface area contributed by atoms with Gasteiger partial charge in [0.1, 0.15) is 5.75 Å². The number of ketones is 4. The number of amides is 1. The summed E-state index contributed by atoms with van der Waals surface area (Å²) in [4.78, 5) is 72.1. The number of aromatic hydroxyl groups is 1. The Labute approximate surface area is 225 Å². The third kappa shape index (κ3) is 3.80. The molecule has 12 nitrogen and oxygen atoms in total. The van der Waals surface area contributed by atoms with Gasteiger partial charge in [-0.2, -0.15) is 0 Å². The first-order valence-corrected chi connectivity index (χ1v) is 13.1. The van der Waals surface area contributed by atoms with Crippen molar-refractivity contribution in [3.63, 3.8) is 0 Å². The van der Waals surface area contributed by atoms with Gasteiger partial charge in [-0.3, -0.25) is 28.9 Å². The van der Waals surface area contributed by atoms with Crippen molar-refractivity contribution in [2.24, 2.45) is 29.4 Å². The van der Waals surface area contributed by atoms with Gasteiger partial charge in [-0.15, -0.1) is 0 Å². The summed E-state index contributed by atoms with van der Waals surface area (Å²) in [7, 11) is 6.76. The van der Waals surface area contributed by atoms with Gasteiger partial charge in [0.15, 0.2) is 34.7 Å². The molecule has 39 heavy (non-hydrogen) atoms. The molecule has 4 N–H and O–H groups in total. The number of rotatable bonds is 4. The molecule has 2 unspecified atom stereocenters. The van der Waals surface area contributed by atoms with Gasteiger partial charge in [0, 0.05) is 38.8 Å². The molecular formula is C27H34N4O8. The van der Waals surface area contributed by atoms with Gasteiger partial charge >= 0.3 is 0 Å². The molecule has 1 amide bonds. The second kappa shape index (κ2) is 9.39. The van der Waals surface area contributed by atoms with E-state index in [1.807, 2.05) is 30.0 Å². The number of aliphatic hydroxyl groups is 1. The number of carbonyl (C=O) groups is 5. The summed E-state index contributed by atoms with van der Waals surface area (Å²) in [6.07, 6.45) is 0.235. The Morgan fingerprint density at radius 3 is 2.31 bits per heavy atom. The molecule has 1 heterocycles. The van der Waals surface area contributed by atoms with Gasteiger partial charge in [-0.25, -0.2) is 0 Å². The fourth-order valence-electron chi connectivity index (χ4n) is 7.08. The van der Waals surface area contributed by atoms with Crippen LogP contribution in [0, 0.1) is 23.7 Å². The number of phenols is 1. The predicted molar refractivity (Wildman–Crippen MR) is 139 cm³/mol. The summed E-state index contributed by atoms with van der Waals surface area (Å²) >= 11 is 0. The van der Waals surface area contributed by atoms with E-state index in [4.69, 9.17) is 10.5 Å². The van der Waals surface area contributed by atoms with Crippen molar-refractivity contribution in [1.29, 1.82) is 0 Å². The minimum Gasteiger partial charge on any atom is -0.505 e. The summed E-state index contributed by atoms with van der Waals surface area (Å²) in [5.74, 6) is -10.5.